The van der Waals surface area contributed by atoms with Crippen LogP contribution in [0.25, 0.3) is 10.9 Å². The van der Waals surface area contributed by atoms with Gasteiger partial charge in [-0.05, 0) is 26.0 Å². The van der Waals surface area contributed by atoms with E-state index in [-0.39, 0.29) is 5.97 Å². The minimum absolute atomic E-state index is 0.321. The minimum atomic E-state index is -0.321. The number of hydrogen-bond donors (Lipinski definition) is 1. The van der Waals surface area contributed by atoms with Gasteiger partial charge in [0.1, 0.15) is 5.75 Å². The molecule has 2 aromatic rings. The molecule has 1 N–H and O–H groups in total. The SMILES string of the molecule is COC(=O)c1c(C)[nH]c2c(C)c(OC)ccc12. The van der Waals surface area contributed by atoms with Gasteiger partial charge in [-0.25, -0.2) is 4.79 Å². The summed E-state index contributed by atoms with van der Waals surface area (Å²) >= 11 is 0. The monoisotopic (exact) mass is 233 g/mol. The minimum Gasteiger partial charge on any atom is -0.496 e. The molecule has 0 bridgehead atoms. The predicted octanol–water partition coefficient (Wildman–Crippen LogP) is 2.58. The van der Waals surface area contributed by atoms with Crippen molar-refractivity contribution < 1.29 is 14.3 Å². The summed E-state index contributed by atoms with van der Waals surface area (Å²) in [6.07, 6.45) is 0. The molecule has 0 amide bonds. The Morgan fingerprint density at radius 3 is 2.53 bits per heavy atom. The number of hydrogen-bond acceptors (Lipinski definition) is 3. The average molecular weight is 233 g/mol. The third-order valence-corrected chi connectivity index (χ3v) is 2.98. The maximum absolute atomic E-state index is 11.7. The van der Waals surface area contributed by atoms with Crippen LogP contribution in [0.3, 0.4) is 0 Å². The van der Waals surface area contributed by atoms with Gasteiger partial charge in [-0.3, -0.25) is 0 Å². The summed E-state index contributed by atoms with van der Waals surface area (Å²) in [5, 5.41) is 0.868. The lowest BCUT2D eigenvalue weighted by atomic mass is 10.1. The van der Waals surface area contributed by atoms with Gasteiger partial charge < -0.3 is 14.5 Å². The fourth-order valence-corrected chi connectivity index (χ4v) is 2.10. The molecule has 0 spiro atoms. The van der Waals surface area contributed by atoms with Crippen LogP contribution in [0.2, 0.25) is 0 Å². The maximum Gasteiger partial charge on any atom is 0.340 e. The molecule has 0 radical (unpaired) electrons. The number of aromatic nitrogens is 1. The molecule has 0 saturated heterocycles. The molecule has 4 heteroatoms. The Labute approximate surface area is 99.5 Å². The standard InChI is InChI=1S/C13H15NO3/c1-7-10(16-3)6-5-9-11(13(15)17-4)8(2)14-12(7)9/h5-6,14H,1-4H3. The molecule has 0 atom stereocenters. The first-order valence-electron chi connectivity index (χ1n) is 5.34. The molecule has 1 heterocycles. The number of nitrogens with one attached hydrogen (secondary N) is 1. The van der Waals surface area contributed by atoms with Crippen LogP contribution in [0.15, 0.2) is 12.1 Å². The predicted molar refractivity (Wildman–Crippen MR) is 65.7 cm³/mol. The fraction of sp³-hybridized carbons (Fsp3) is 0.308. The van der Waals surface area contributed by atoms with E-state index in [0.717, 1.165) is 27.9 Å². The lowest BCUT2D eigenvalue weighted by molar-refractivity contribution is 0.0602. The van der Waals surface area contributed by atoms with Crippen LogP contribution in [-0.4, -0.2) is 25.2 Å². The highest BCUT2D eigenvalue weighted by Crippen LogP contribution is 2.30. The van der Waals surface area contributed by atoms with Crippen LogP contribution in [0.1, 0.15) is 21.6 Å². The second-order valence-corrected chi connectivity index (χ2v) is 3.93. The number of H-pyrrole nitrogens is 1. The van der Waals surface area contributed by atoms with Crippen LogP contribution >= 0.6 is 0 Å². The van der Waals surface area contributed by atoms with E-state index in [1.165, 1.54) is 7.11 Å². The zero-order valence-electron chi connectivity index (χ0n) is 10.4. The van der Waals surface area contributed by atoms with E-state index in [0.29, 0.717) is 5.56 Å². The van der Waals surface area contributed by atoms with E-state index in [1.807, 2.05) is 26.0 Å². The summed E-state index contributed by atoms with van der Waals surface area (Å²) in [5.41, 5.74) is 3.31. The van der Waals surface area contributed by atoms with E-state index < -0.39 is 0 Å². The van der Waals surface area contributed by atoms with E-state index in [1.54, 1.807) is 7.11 Å². The molecule has 0 unspecified atom stereocenters. The lowest BCUT2D eigenvalue weighted by Crippen LogP contribution is -2.02. The van der Waals surface area contributed by atoms with Gasteiger partial charge in [0.25, 0.3) is 0 Å². The first kappa shape index (κ1) is 11.5. The Balaban J connectivity index is 2.77. The first-order chi connectivity index (χ1) is 8.10. The molecule has 17 heavy (non-hydrogen) atoms. The van der Waals surface area contributed by atoms with Crippen LogP contribution in [0.4, 0.5) is 0 Å². The number of esters is 1. The summed E-state index contributed by atoms with van der Waals surface area (Å²) < 4.78 is 10.0. The molecule has 0 aliphatic heterocycles. The van der Waals surface area contributed by atoms with Gasteiger partial charge in [0, 0.05) is 16.6 Å². The van der Waals surface area contributed by atoms with Crippen molar-refractivity contribution >= 4 is 16.9 Å². The van der Waals surface area contributed by atoms with Crippen LogP contribution in [0.5, 0.6) is 5.75 Å². The second kappa shape index (κ2) is 4.13. The number of aromatic amines is 1. The number of aryl methyl sites for hydroxylation is 2. The molecule has 4 nitrogen and oxygen atoms in total. The van der Waals surface area contributed by atoms with E-state index in [2.05, 4.69) is 4.98 Å². The van der Waals surface area contributed by atoms with Crippen molar-refractivity contribution in [1.82, 2.24) is 4.98 Å². The van der Waals surface area contributed by atoms with E-state index >= 15 is 0 Å². The van der Waals surface area contributed by atoms with Crippen LogP contribution in [0, 0.1) is 13.8 Å². The van der Waals surface area contributed by atoms with Crippen molar-refractivity contribution in [3.8, 4) is 5.75 Å². The third kappa shape index (κ3) is 1.65. The second-order valence-electron chi connectivity index (χ2n) is 3.93. The molecular weight excluding hydrogens is 218 g/mol. The normalized spacial score (nSPS) is 10.6. The van der Waals surface area contributed by atoms with Gasteiger partial charge >= 0.3 is 5.97 Å². The Morgan fingerprint density at radius 2 is 1.94 bits per heavy atom. The van der Waals surface area contributed by atoms with Gasteiger partial charge in [-0.15, -0.1) is 0 Å². The molecular formula is C13H15NO3. The Kier molecular flexibility index (Phi) is 2.79. The summed E-state index contributed by atoms with van der Waals surface area (Å²) in [6.45, 7) is 3.82. The first-order valence-corrected chi connectivity index (χ1v) is 5.34. The van der Waals surface area contributed by atoms with Gasteiger partial charge in [0.15, 0.2) is 0 Å². The highest BCUT2D eigenvalue weighted by atomic mass is 16.5. The molecule has 0 aliphatic carbocycles. The Bertz CT molecular complexity index is 584. The smallest absolute Gasteiger partial charge is 0.340 e. The molecule has 1 aromatic carbocycles. The maximum atomic E-state index is 11.7. The van der Waals surface area contributed by atoms with Gasteiger partial charge in [-0.2, -0.15) is 0 Å². The molecule has 2 rings (SSSR count). The van der Waals surface area contributed by atoms with E-state index in [4.69, 9.17) is 9.47 Å². The number of carbonyl (C=O) groups excluding carboxylic acids is 1. The molecule has 90 valence electrons. The number of fused-ring (bicyclic) bond motifs is 1. The molecule has 0 fully saturated rings. The number of ether oxygens (including phenoxy) is 2. The quantitative estimate of drug-likeness (QED) is 0.811. The van der Waals surface area contributed by atoms with Crippen molar-refractivity contribution in [2.24, 2.45) is 0 Å². The molecule has 1 aromatic heterocycles. The Hall–Kier alpha value is -1.97. The van der Waals surface area contributed by atoms with Gasteiger partial charge in [0.05, 0.1) is 25.3 Å². The van der Waals surface area contributed by atoms with E-state index in [9.17, 15) is 4.79 Å². The number of carbonyl (C=O) groups is 1. The molecule has 0 saturated carbocycles. The van der Waals surface area contributed by atoms with Crippen molar-refractivity contribution in [3.05, 3.63) is 29.0 Å². The third-order valence-electron chi connectivity index (χ3n) is 2.98. The summed E-state index contributed by atoms with van der Waals surface area (Å²) in [5.74, 6) is 0.480. The topological polar surface area (TPSA) is 51.3 Å². The summed E-state index contributed by atoms with van der Waals surface area (Å²) in [7, 11) is 3.02. The van der Waals surface area contributed by atoms with Gasteiger partial charge in [0.2, 0.25) is 0 Å². The van der Waals surface area contributed by atoms with Gasteiger partial charge in [-0.1, -0.05) is 0 Å². The fourth-order valence-electron chi connectivity index (χ4n) is 2.10. The lowest BCUT2D eigenvalue weighted by Gasteiger charge is -2.05. The number of methoxy groups -OCH3 is 2. The highest BCUT2D eigenvalue weighted by molar-refractivity contribution is 6.06. The zero-order chi connectivity index (χ0) is 12.6. The Morgan fingerprint density at radius 1 is 1.24 bits per heavy atom. The largest absolute Gasteiger partial charge is 0.496 e. The number of benzene rings is 1. The zero-order valence-corrected chi connectivity index (χ0v) is 10.4. The molecule has 0 aliphatic rings. The highest BCUT2D eigenvalue weighted by Gasteiger charge is 2.18. The number of rotatable bonds is 2. The van der Waals surface area contributed by atoms with Crippen molar-refractivity contribution in [3.63, 3.8) is 0 Å². The van der Waals surface area contributed by atoms with Crippen molar-refractivity contribution in [2.45, 2.75) is 13.8 Å². The van der Waals surface area contributed by atoms with Crippen LogP contribution < -0.4 is 4.74 Å². The average Bonchev–Trinajstić information content (AvgIpc) is 2.66. The van der Waals surface area contributed by atoms with Crippen LogP contribution in [-0.2, 0) is 4.74 Å². The van der Waals surface area contributed by atoms with Crippen molar-refractivity contribution in [2.75, 3.05) is 14.2 Å². The summed E-state index contributed by atoms with van der Waals surface area (Å²) in [6, 6.07) is 3.73. The summed E-state index contributed by atoms with van der Waals surface area (Å²) in [4.78, 5) is 14.9. The van der Waals surface area contributed by atoms with Crippen molar-refractivity contribution in [1.29, 1.82) is 0 Å².